The van der Waals surface area contributed by atoms with Crippen LogP contribution in [0, 0.1) is 0 Å². The zero-order chi connectivity index (χ0) is 14.3. The van der Waals surface area contributed by atoms with Gasteiger partial charge >= 0.3 is 7.12 Å². The number of halogens is 1. The maximum absolute atomic E-state index is 11.8. The Morgan fingerprint density at radius 3 is 2.20 bits per heavy atom. The molecule has 1 aromatic carbocycles. The van der Waals surface area contributed by atoms with Gasteiger partial charge in [-0.15, -0.1) is 12.4 Å². The molecular formula is C13H22BClN2O3. The molecule has 3 N–H and O–H groups in total. The summed E-state index contributed by atoms with van der Waals surface area (Å²) >= 11 is 0. The summed E-state index contributed by atoms with van der Waals surface area (Å²) in [6.07, 6.45) is 0. The van der Waals surface area contributed by atoms with Crippen molar-refractivity contribution < 1.29 is 14.8 Å². The smallest absolute Gasteiger partial charge is 0.423 e. The molecule has 1 amide bonds. The number of nitrogens with zero attached hydrogens (tertiary/aromatic N) is 1. The quantitative estimate of drug-likeness (QED) is 0.613. The van der Waals surface area contributed by atoms with E-state index in [1.807, 2.05) is 0 Å². The predicted molar refractivity (Wildman–Crippen MR) is 83.6 cm³/mol. The standard InChI is InChI=1S/C13H21BN2O3.ClH/c1-3-16(4-2)10-9-15-13(17)11-5-7-12(8-6-11)14(18)19;/h5-8,18-19H,3-4,9-10H2,1-2H3,(H,15,17);1H. The Labute approximate surface area is 126 Å². The summed E-state index contributed by atoms with van der Waals surface area (Å²) in [6, 6.07) is 6.23. The molecule has 0 saturated heterocycles. The van der Waals surface area contributed by atoms with E-state index < -0.39 is 7.12 Å². The van der Waals surface area contributed by atoms with Crippen LogP contribution >= 0.6 is 12.4 Å². The molecule has 0 radical (unpaired) electrons. The average Bonchev–Trinajstić information content (AvgIpc) is 2.43. The molecule has 0 fully saturated rings. The third-order valence-electron chi connectivity index (χ3n) is 3.08. The van der Waals surface area contributed by atoms with E-state index in [-0.39, 0.29) is 18.3 Å². The number of hydrogen-bond donors (Lipinski definition) is 3. The lowest BCUT2D eigenvalue weighted by molar-refractivity contribution is 0.0949. The van der Waals surface area contributed by atoms with Crippen LogP contribution in [0.25, 0.3) is 0 Å². The van der Waals surface area contributed by atoms with Crippen LogP contribution in [0.2, 0.25) is 0 Å². The van der Waals surface area contributed by atoms with E-state index in [0.717, 1.165) is 19.6 Å². The van der Waals surface area contributed by atoms with Gasteiger partial charge in [-0.3, -0.25) is 4.79 Å². The molecular weight excluding hydrogens is 278 g/mol. The summed E-state index contributed by atoms with van der Waals surface area (Å²) in [7, 11) is -1.50. The van der Waals surface area contributed by atoms with E-state index >= 15 is 0 Å². The van der Waals surface area contributed by atoms with Gasteiger partial charge in [-0.05, 0) is 30.7 Å². The first-order valence-electron chi connectivity index (χ1n) is 6.55. The summed E-state index contributed by atoms with van der Waals surface area (Å²) in [5.41, 5.74) is 0.892. The van der Waals surface area contributed by atoms with Gasteiger partial charge in [-0.2, -0.15) is 0 Å². The first-order valence-corrected chi connectivity index (χ1v) is 6.55. The molecule has 0 saturated carbocycles. The van der Waals surface area contributed by atoms with Crippen LogP contribution < -0.4 is 10.8 Å². The average molecular weight is 301 g/mol. The highest BCUT2D eigenvalue weighted by Crippen LogP contribution is 1.97. The Hall–Kier alpha value is -1.08. The predicted octanol–water partition coefficient (Wildman–Crippen LogP) is -0.140. The summed E-state index contributed by atoms with van der Waals surface area (Å²) in [4.78, 5) is 14.1. The minimum absolute atomic E-state index is 0. The number of carbonyl (C=O) groups is 1. The molecule has 7 heteroatoms. The Morgan fingerprint density at radius 2 is 1.75 bits per heavy atom. The number of benzene rings is 1. The van der Waals surface area contributed by atoms with Gasteiger partial charge < -0.3 is 20.3 Å². The number of hydrogen-bond acceptors (Lipinski definition) is 4. The van der Waals surface area contributed by atoms with Crippen LogP contribution in [0.4, 0.5) is 0 Å². The maximum Gasteiger partial charge on any atom is 0.488 e. The van der Waals surface area contributed by atoms with Crippen LogP contribution in [-0.4, -0.2) is 54.2 Å². The van der Waals surface area contributed by atoms with E-state index in [0.29, 0.717) is 17.6 Å². The van der Waals surface area contributed by atoms with Crippen molar-refractivity contribution in [2.45, 2.75) is 13.8 Å². The molecule has 0 aliphatic rings. The second-order valence-electron chi connectivity index (χ2n) is 4.28. The summed E-state index contributed by atoms with van der Waals surface area (Å²) in [5, 5.41) is 20.8. The van der Waals surface area contributed by atoms with Gasteiger partial charge in [0.2, 0.25) is 0 Å². The molecule has 5 nitrogen and oxygen atoms in total. The highest BCUT2D eigenvalue weighted by molar-refractivity contribution is 6.58. The lowest BCUT2D eigenvalue weighted by atomic mass is 9.80. The van der Waals surface area contributed by atoms with Crippen molar-refractivity contribution in [2.75, 3.05) is 26.2 Å². The van der Waals surface area contributed by atoms with Gasteiger partial charge in [0, 0.05) is 18.7 Å². The number of carbonyl (C=O) groups excluding carboxylic acids is 1. The van der Waals surface area contributed by atoms with Gasteiger partial charge in [0.1, 0.15) is 0 Å². The van der Waals surface area contributed by atoms with Gasteiger partial charge in [0.25, 0.3) is 5.91 Å². The number of rotatable bonds is 7. The molecule has 1 aromatic rings. The van der Waals surface area contributed by atoms with Gasteiger partial charge in [0.05, 0.1) is 0 Å². The Bertz CT molecular complexity index is 397. The highest BCUT2D eigenvalue weighted by atomic mass is 35.5. The lowest BCUT2D eigenvalue weighted by Crippen LogP contribution is -2.35. The van der Waals surface area contributed by atoms with Crippen molar-refractivity contribution in [1.29, 1.82) is 0 Å². The molecule has 0 heterocycles. The Kier molecular flexibility index (Phi) is 9.24. The van der Waals surface area contributed by atoms with Crippen molar-refractivity contribution in [1.82, 2.24) is 10.2 Å². The maximum atomic E-state index is 11.8. The summed E-state index contributed by atoms with van der Waals surface area (Å²) in [5.74, 6) is -0.147. The second kappa shape index (κ2) is 9.77. The van der Waals surface area contributed by atoms with E-state index in [9.17, 15) is 4.79 Å². The molecule has 0 bridgehead atoms. The fourth-order valence-corrected chi connectivity index (χ4v) is 1.78. The Balaban J connectivity index is 0.00000361. The van der Waals surface area contributed by atoms with Gasteiger partial charge in [-0.25, -0.2) is 0 Å². The molecule has 0 unspecified atom stereocenters. The molecule has 0 atom stereocenters. The topological polar surface area (TPSA) is 72.8 Å². The number of likely N-dealkylation sites (N-methyl/N-ethyl adjacent to an activating group) is 1. The lowest BCUT2D eigenvalue weighted by Gasteiger charge is -2.17. The molecule has 20 heavy (non-hydrogen) atoms. The van der Waals surface area contributed by atoms with E-state index in [1.165, 1.54) is 12.1 Å². The van der Waals surface area contributed by atoms with Crippen molar-refractivity contribution in [3.63, 3.8) is 0 Å². The molecule has 0 spiro atoms. The van der Waals surface area contributed by atoms with Crippen molar-refractivity contribution in [2.24, 2.45) is 0 Å². The van der Waals surface area contributed by atoms with Crippen molar-refractivity contribution in [3.8, 4) is 0 Å². The van der Waals surface area contributed by atoms with E-state index in [1.54, 1.807) is 12.1 Å². The van der Waals surface area contributed by atoms with Crippen LogP contribution in [0.15, 0.2) is 24.3 Å². The monoisotopic (exact) mass is 300 g/mol. The van der Waals surface area contributed by atoms with E-state index in [4.69, 9.17) is 10.0 Å². The van der Waals surface area contributed by atoms with Crippen LogP contribution in [-0.2, 0) is 0 Å². The SMILES string of the molecule is CCN(CC)CCNC(=O)c1ccc(B(O)O)cc1.Cl. The molecule has 0 aliphatic carbocycles. The third kappa shape index (κ3) is 5.92. The first kappa shape index (κ1) is 18.9. The normalized spacial score (nSPS) is 10.1. The summed E-state index contributed by atoms with van der Waals surface area (Å²) in [6.45, 7) is 7.54. The minimum Gasteiger partial charge on any atom is -0.423 e. The fourth-order valence-electron chi connectivity index (χ4n) is 1.78. The van der Waals surface area contributed by atoms with Crippen LogP contribution in [0.3, 0.4) is 0 Å². The van der Waals surface area contributed by atoms with Gasteiger partial charge in [-0.1, -0.05) is 26.0 Å². The molecule has 1 rings (SSSR count). The highest BCUT2D eigenvalue weighted by Gasteiger charge is 2.11. The fraction of sp³-hybridized carbons (Fsp3) is 0.462. The largest absolute Gasteiger partial charge is 0.488 e. The van der Waals surface area contributed by atoms with Crippen LogP contribution in [0.5, 0.6) is 0 Å². The zero-order valence-corrected chi connectivity index (χ0v) is 12.7. The number of nitrogens with one attached hydrogen (secondary N) is 1. The number of amides is 1. The first-order chi connectivity index (χ1) is 9.08. The zero-order valence-electron chi connectivity index (χ0n) is 11.9. The molecule has 0 aliphatic heterocycles. The van der Waals surface area contributed by atoms with Crippen molar-refractivity contribution in [3.05, 3.63) is 29.8 Å². The van der Waals surface area contributed by atoms with E-state index in [2.05, 4.69) is 24.1 Å². The van der Waals surface area contributed by atoms with Crippen LogP contribution in [0.1, 0.15) is 24.2 Å². The van der Waals surface area contributed by atoms with Crippen molar-refractivity contribution >= 4 is 30.9 Å². The Morgan fingerprint density at radius 1 is 1.20 bits per heavy atom. The second-order valence-corrected chi connectivity index (χ2v) is 4.28. The third-order valence-corrected chi connectivity index (χ3v) is 3.08. The summed E-state index contributed by atoms with van der Waals surface area (Å²) < 4.78 is 0. The molecule has 0 aromatic heterocycles. The molecule has 112 valence electrons. The van der Waals surface area contributed by atoms with Gasteiger partial charge in [0.15, 0.2) is 0 Å². The minimum atomic E-state index is -1.50.